The van der Waals surface area contributed by atoms with Crippen LogP contribution >= 0.6 is 0 Å². The van der Waals surface area contributed by atoms with Crippen LogP contribution in [0.4, 0.5) is 5.69 Å². The lowest BCUT2D eigenvalue weighted by Crippen LogP contribution is -2.30. The summed E-state index contributed by atoms with van der Waals surface area (Å²) in [5.74, 6) is -0.0812. The van der Waals surface area contributed by atoms with Gasteiger partial charge in [0.05, 0.1) is 0 Å². The maximum Gasteiger partial charge on any atom is 0.488 e. The van der Waals surface area contributed by atoms with Gasteiger partial charge < -0.3 is 15.4 Å². The average Bonchev–Trinajstić information content (AvgIpc) is 2.78. The Kier molecular flexibility index (Phi) is 5.06. The number of carbonyl (C=O) groups is 1. The summed E-state index contributed by atoms with van der Waals surface area (Å²) in [6, 6.07) is 26.1. The van der Waals surface area contributed by atoms with Crippen molar-refractivity contribution in [1.29, 1.82) is 0 Å². The topological polar surface area (TPSA) is 69.6 Å². The molecule has 31 heavy (non-hydrogen) atoms. The van der Waals surface area contributed by atoms with E-state index in [9.17, 15) is 14.8 Å². The van der Waals surface area contributed by atoms with E-state index in [1.165, 1.54) is 37.9 Å². The van der Waals surface area contributed by atoms with Crippen LogP contribution in [0.15, 0.2) is 78.9 Å². The van der Waals surface area contributed by atoms with Crippen molar-refractivity contribution in [1.82, 2.24) is 0 Å². The predicted molar refractivity (Wildman–Crippen MR) is 128 cm³/mol. The highest BCUT2D eigenvalue weighted by atomic mass is 16.4. The summed E-state index contributed by atoms with van der Waals surface area (Å²) < 4.78 is 0. The number of hydrogen-bond donors (Lipinski definition) is 3. The highest BCUT2D eigenvalue weighted by molar-refractivity contribution is 6.58. The molecular weight excluding hydrogens is 385 g/mol. The predicted octanol–water partition coefficient (Wildman–Crippen LogP) is 4.23. The Hall–Kier alpha value is -3.41. The lowest BCUT2D eigenvalue weighted by Gasteiger charge is -2.14. The van der Waals surface area contributed by atoms with E-state index in [-0.39, 0.29) is 5.91 Å². The number of carbonyl (C=O) groups excluding carboxylic acids is 1. The molecule has 0 saturated carbocycles. The van der Waals surface area contributed by atoms with Gasteiger partial charge in [0, 0.05) is 12.1 Å². The van der Waals surface area contributed by atoms with E-state index in [2.05, 4.69) is 59.9 Å². The second-order valence-corrected chi connectivity index (χ2v) is 7.98. The Labute approximate surface area is 180 Å². The fourth-order valence-corrected chi connectivity index (χ4v) is 4.45. The minimum absolute atomic E-state index is 0.0812. The smallest absolute Gasteiger partial charge is 0.423 e. The van der Waals surface area contributed by atoms with Crippen molar-refractivity contribution in [3.8, 4) is 0 Å². The van der Waals surface area contributed by atoms with E-state index < -0.39 is 7.12 Å². The molecule has 0 fully saturated rings. The van der Waals surface area contributed by atoms with Crippen LogP contribution in [0.3, 0.4) is 0 Å². The normalized spacial score (nSPS) is 11.4. The van der Waals surface area contributed by atoms with Gasteiger partial charge in [-0.2, -0.15) is 0 Å². The third-order valence-corrected chi connectivity index (χ3v) is 5.94. The molecule has 0 atom stereocenters. The molecule has 0 unspecified atom stereocenters. The van der Waals surface area contributed by atoms with Gasteiger partial charge in [-0.25, -0.2) is 0 Å². The first-order valence-electron chi connectivity index (χ1n) is 10.5. The summed E-state index contributed by atoms with van der Waals surface area (Å²) in [5, 5.41) is 29.0. The molecule has 3 N–H and O–H groups in total. The molecule has 0 aliphatic rings. The Bertz CT molecular complexity index is 1380. The number of benzene rings is 5. The van der Waals surface area contributed by atoms with Crippen molar-refractivity contribution in [2.24, 2.45) is 0 Å². The van der Waals surface area contributed by atoms with Crippen molar-refractivity contribution >= 4 is 56.5 Å². The number of amides is 1. The van der Waals surface area contributed by atoms with E-state index in [1.807, 2.05) is 0 Å². The minimum Gasteiger partial charge on any atom is -0.423 e. The van der Waals surface area contributed by atoms with Crippen molar-refractivity contribution < 1.29 is 14.8 Å². The molecule has 0 aliphatic carbocycles. The van der Waals surface area contributed by atoms with Crippen LogP contribution in [0.5, 0.6) is 0 Å². The Morgan fingerprint density at radius 2 is 1.48 bits per heavy atom. The molecule has 0 aliphatic heterocycles. The molecule has 0 radical (unpaired) electrons. The summed E-state index contributed by atoms with van der Waals surface area (Å²) in [6.45, 7) is 0. The van der Waals surface area contributed by atoms with Crippen LogP contribution in [-0.4, -0.2) is 23.1 Å². The van der Waals surface area contributed by atoms with Gasteiger partial charge in [0.2, 0.25) is 5.91 Å². The molecule has 0 spiro atoms. The first-order valence-corrected chi connectivity index (χ1v) is 10.5. The molecule has 0 heterocycles. The van der Waals surface area contributed by atoms with Gasteiger partial charge in [0.25, 0.3) is 0 Å². The van der Waals surface area contributed by atoms with E-state index in [0.717, 1.165) is 12.8 Å². The van der Waals surface area contributed by atoms with Gasteiger partial charge in [0.1, 0.15) is 0 Å². The molecular formula is C26H22BNO3. The molecule has 5 heteroatoms. The van der Waals surface area contributed by atoms with Crippen molar-refractivity contribution in [2.45, 2.75) is 19.3 Å². The van der Waals surface area contributed by atoms with Gasteiger partial charge in [0.15, 0.2) is 0 Å². The van der Waals surface area contributed by atoms with E-state index in [1.54, 1.807) is 24.3 Å². The SMILES string of the molecule is O=C(CCCc1ccc2ccc3cccc4ccc1c2c34)Nc1cccc(B(O)O)c1. The summed E-state index contributed by atoms with van der Waals surface area (Å²) in [5.41, 5.74) is 2.17. The Morgan fingerprint density at radius 1 is 0.806 bits per heavy atom. The first-order chi connectivity index (χ1) is 15.1. The molecule has 5 aromatic rings. The van der Waals surface area contributed by atoms with Crippen LogP contribution in [-0.2, 0) is 11.2 Å². The number of hydrogen-bond acceptors (Lipinski definition) is 3. The van der Waals surface area contributed by atoms with E-state index >= 15 is 0 Å². The fourth-order valence-electron chi connectivity index (χ4n) is 4.45. The largest absolute Gasteiger partial charge is 0.488 e. The summed E-state index contributed by atoms with van der Waals surface area (Å²) >= 11 is 0. The molecule has 5 rings (SSSR count). The zero-order chi connectivity index (χ0) is 21.4. The molecule has 152 valence electrons. The quantitative estimate of drug-likeness (QED) is 0.292. The van der Waals surface area contributed by atoms with Gasteiger partial charge in [-0.15, -0.1) is 0 Å². The lowest BCUT2D eigenvalue weighted by molar-refractivity contribution is -0.116. The Balaban J connectivity index is 1.33. The standard InChI is InChI=1S/C26H22BNO3/c29-24(28-22-8-3-7-21(16-22)27(30)31)9-2-4-17-10-11-20-13-12-18-5-1-6-19-14-15-23(17)26(20)25(18)19/h1,3,5-8,10-16,30-31H,2,4,9H2,(H,28,29). The van der Waals surface area contributed by atoms with Crippen LogP contribution in [0.1, 0.15) is 18.4 Å². The zero-order valence-electron chi connectivity index (χ0n) is 17.0. The molecule has 0 aromatic heterocycles. The van der Waals surface area contributed by atoms with Crippen molar-refractivity contribution in [3.05, 3.63) is 84.4 Å². The third kappa shape index (κ3) is 3.74. The highest BCUT2D eigenvalue weighted by Crippen LogP contribution is 2.36. The number of aryl methyl sites for hydroxylation is 1. The van der Waals surface area contributed by atoms with Crippen molar-refractivity contribution in [2.75, 3.05) is 5.32 Å². The summed E-state index contributed by atoms with van der Waals surface area (Å²) in [7, 11) is -1.55. The minimum atomic E-state index is -1.55. The van der Waals surface area contributed by atoms with Crippen LogP contribution in [0.2, 0.25) is 0 Å². The molecule has 0 saturated heterocycles. The average molecular weight is 407 g/mol. The Morgan fingerprint density at radius 3 is 2.26 bits per heavy atom. The summed E-state index contributed by atoms with van der Waals surface area (Å²) in [6.07, 6.45) is 1.95. The van der Waals surface area contributed by atoms with Gasteiger partial charge in [-0.1, -0.05) is 66.7 Å². The second kappa shape index (κ2) is 8.02. The number of anilines is 1. The van der Waals surface area contributed by atoms with Crippen LogP contribution in [0, 0.1) is 0 Å². The maximum atomic E-state index is 12.4. The van der Waals surface area contributed by atoms with Crippen molar-refractivity contribution in [3.63, 3.8) is 0 Å². The summed E-state index contributed by atoms with van der Waals surface area (Å²) in [4.78, 5) is 12.4. The zero-order valence-corrected chi connectivity index (χ0v) is 17.0. The maximum absolute atomic E-state index is 12.4. The van der Waals surface area contributed by atoms with E-state index in [4.69, 9.17) is 0 Å². The van der Waals surface area contributed by atoms with E-state index in [0.29, 0.717) is 17.6 Å². The third-order valence-electron chi connectivity index (χ3n) is 5.94. The molecule has 0 bridgehead atoms. The first kappa shape index (κ1) is 19.6. The molecule has 4 nitrogen and oxygen atoms in total. The second-order valence-electron chi connectivity index (χ2n) is 7.98. The van der Waals surface area contributed by atoms with Gasteiger partial charge in [-0.05, 0) is 68.3 Å². The van der Waals surface area contributed by atoms with Crippen LogP contribution < -0.4 is 10.8 Å². The highest BCUT2D eigenvalue weighted by Gasteiger charge is 2.13. The van der Waals surface area contributed by atoms with Gasteiger partial charge >= 0.3 is 7.12 Å². The number of rotatable bonds is 6. The monoisotopic (exact) mass is 407 g/mol. The molecule has 5 aromatic carbocycles. The lowest BCUT2D eigenvalue weighted by atomic mass is 9.80. The van der Waals surface area contributed by atoms with Gasteiger partial charge in [-0.3, -0.25) is 4.79 Å². The number of nitrogens with one attached hydrogen (secondary N) is 1. The van der Waals surface area contributed by atoms with Crippen LogP contribution in [0.25, 0.3) is 32.3 Å². The molecule has 1 amide bonds. The fraction of sp³-hybridized carbons (Fsp3) is 0.115.